The Balaban J connectivity index is 1.93. The van der Waals surface area contributed by atoms with E-state index in [1.54, 1.807) is 0 Å². The molecular formula is C33H60O. The molecule has 34 heavy (non-hydrogen) atoms. The largest absolute Gasteiger partial charge is 0.495 e. The Hall–Kier alpha value is -0.460. The van der Waals surface area contributed by atoms with Crippen molar-refractivity contribution in [3.63, 3.8) is 0 Å². The Morgan fingerprint density at radius 3 is 0.794 bits per heavy atom. The molecule has 1 nitrogen and oxygen atoms in total. The van der Waals surface area contributed by atoms with Crippen LogP contribution in [0.3, 0.4) is 0 Å². The van der Waals surface area contributed by atoms with Crippen LogP contribution >= 0.6 is 0 Å². The second kappa shape index (κ2) is 17.1. The molecule has 3 fully saturated rings. The van der Waals surface area contributed by atoms with Gasteiger partial charge in [0.05, 0.1) is 6.26 Å². The van der Waals surface area contributed by atoms with Gasteiger partial charge in [0.1, 0.15) is 5.60 Å². The minimum Gasteiger partial charge on any atom is -0.495 e. The minimum absolute atomic E-state index is 0.0549. The highest BCUT2D eigenvalue weighted by Crippen LogP contribution is 2.50. The van der Waals surface area contributed by atoms with E-state index < -0.39 is 0 Å². The molecule has 3 aliphatic carbocycles. The molecule has 0 heterocycles. The molecule has 0 aromatic heterocycles. The molecule has 0 N–H and O–H groups in total. The molecule has 3 aliphatic rings. The van der Waals surface area contributed by atoms with Crippen LogP contribution in [-0.4, -0.2) is 5.60 Å². The van der Waals surface area contributed by atoms with Crippen LogP contribution in [-0.2, 0) is 4.74 Å². The van der Waals surface area contributed by atoms with Gasteiger partial charge in [-0.05, 0) is 56.3 Å². The highest BCUT2D eigenvalue weighted by Gasteiger charge is 2.50. The molecular weight excluding hydrogens is 412 g/mol. The van der Waals surface area contributed by atoms with Gasteiger partial charge in [0.25, 0.3) is 0 Å². The van der Waals surface area contributed by atoms with Gasteiger partial charge >= 0.3 is 0 Å². The van der Waals surface area contributed by atoms with Crippen molar-refractivity contribution in [1.82, 2.24) is 0 Å². The lowest BCUT2D eigenvalue weighted by atomic mass is 9.60. The SMILES string of the molecule is C=COC(C1CCCCCCCCC1)(C1CCCCCCCCC1)C1CCCCCCCCC1. The average molecular weight is 473 g/mol. The van der Waals surface area contributed by atoms with E-state index in [9.17, 15) is 0 Å². The zero-order chi connectivity index (χ0) is 23.7. The molecule has 3 saturated carbocycles. The third-order valence-electron chi connectivity index (χ3n) is 10.0. The average Bonchev–Trinajstić information content (AvgIpc) is 2.87. The lowest BCUT2D eigenvalue weighted by molar-refractivity contribution is -0.139. The van der Waals surface area contributed by atoms with Crippen LogP contribution in [0.2, 0.25) is 0 Å². The molecule has 0 bridgehead atoms. The maximum Gasteiger partial charge on any atom is 0.116 e. The molecule has 0 spiro atoms. The minimum atomic E-state index is 0.0549. The normalized spacial score (nSPS) is 25.8. The lowest BCUT2D eigenvalue weighted by Gasteiger charge is -2.52. The zero-order valence-electron chi connectivity index (χ0n) is 23.0. The second-order valence-corrected chi connectivity index (χ2v) is 12.4. The number of hydrogen-bond donors (Lipinski definition) is 0. The first kappa shape index (κ1) is 28.1. The molecule has 0 saturated heterocycles. The molecule has 0 atom stereocenters. The molecule has 0 unspecified atom stereocenters. The molecule has 0 aliphatic heterocycles. The van der Waals surface area contributed by atoms with Crippen molar-refractivity contribution in [2.45, 2.75) is 179 Å². The maximum absolute atomic E-state index is 7.12. The van der Waals surface area contributed by atoms with E-state index in [1.165, 1.54) is 173 Å². The molecule has 0 radical (unpaired) electrons. The first-order valence-corrected chi connectivity index (χ1v) is 16.2. The summed E-state index contributed by atoms with van der Waals surface area (Å²) in [5.74, 6) is 2.22. The van der Waals surface area contributed by atoms with Gasteiger partial charge in [-0.25, -0.2) is 0 Å². The third kappa shape index (κ3) is 8.89. The van der Waals surface area contributed by atoms with Gasteiger partial charge in [-0.15, -0.1) is 0 Å². The Kier molecular flexibility index (Phi) is 14.1. The van der Waals surface area contributed by atoms with Crippen LogP contribution in [0.5, 0.6) is 0 Å². The van der Waals surface area contributed by atoms with E-state index in [0.717, 1.165) is 17.8 Å². The predicted molar refractivity (Wildman–Crippen MR) is 149 cm³/mol. The van der Waals surface area contributed by atoms with Gasteiger partial charge in [0, 0.05) is 0 Å². The van der Waals surface area contributed by atoms with E-state index in [4.69, 9.17) is 4.74 Å². The molecule has 0 amide bonds. The van der Waals surface area contributed by atoms with E-state index in [2.05, 4.69) is 6.58 Å². The first-order chi connectivity index (χ1) is 16.9. The Bertz CT molecular complexity index is 416. The zero-order valence-corrected chi connectivity index (χ0v) is 23.0. The number of hydrogen-bond acceptors (Lipinski definition) is 1. The van der Waals surface area contributed by atoms with Crippen molar-refractivity contribution in [1.29, 1.82) is 0 Å². The van der Waals surface area contributed by atoms with E-state index in [1.807, 2.05) is 6.26 Å². The maximum atomic E-state index is 7.12. The third-order valence-corrected chi connectivity index (χ3v) is 10.0. The second-order valence-electron chi connectivity index (χ2n) is 12.4. The van der Waals surface area contributed by atoms with Gasteiger partial charge in [0.2, 0.25) is 0 Å². The summed E-state index contributed by atoms with van der Waals surface area (Å²) in [6, 6.07) is 0. The first-order valence-electron chi connectivity index (χ1n) is 16.2. The Labute approximate surface area is 214 Å². The summed E-state index contributed by atoms with van der Waals surface area (Å²) in [7, 11) is 0. The summed E-state index contributed by atoms with van der Waals surface area (Å²) in [6.45, 7) is 4.23. The van der Waals surface area contributed by atoms with Crippen LogP contribution < -0.4 is 0 Å². The smallest absolute Gasteiger partial charge is 0.116 e. The molecule has 1 heteroatoms. The molecule has 0 aromatic carbocycles. The van der Waals surface area contributed by atoms with Crippen LogP contribution in [0.15, 0.2) is 12.8 Å². The van der Waals surface area contributed by atoms with Gasteiger partial charge in [-0.2, -0.15) is 0 Å². The van der Waals surface area contributed by atoms with Crippen molar-refractivity contribution in [2.75, 3.05) is 0 Å². The standard InChI is InChI=1S/C33H60O/c1-2-34-33(30-24-18-12-6-3-7-13-19-25-30,31-26-20-14-8-4-9-15-21-27-31)32-28-22-16-10-5-11-17-23-29-32/h2,30-32H,1,3-29H2. The number of rotatable bonds is 5. The van der Waals surface area contributed by atoms with Crippen LogP contribution in [0.1, 0.15) is 173 Å². The molecule has 3 rings (SSSR count). The van der Waals surface area contributed by atoms with Gasteiger partial charge < -0.3 is 4.74 Å². The fraction of sp³-hybridized carbons (Fsp3) is 0.939. The van der Waals surface area contributed by atoms with Gasteiger partial charge in [-0.1, -0.05) is 141 Å². The van der Waals surface area contributed by atoms with Crippen LogP contribution in [0, 0.1) is 17.8 Å². The van der Waals surface area contributed by atoms with Gasteiger partial charge in [-0.3, -0.25) is 0 Å². The molecule has 198 valence electrons. The van der Waals surface area contributed by atoms with Crippen molar-refractivity contribution < 1.29 is 4.74 Å². The summed E-state index contributed by atoms with van der Waals surface area (Å²) in [5, 5.41) is 0. The van der Waals surface area contributed by atoms with Crippen molar-refractivity contribution >= 4 is 0 Å². The highest BCUT2D eigenvalue weighted by atomic mass is 16.5. The quantitative estimate of drug-likeness (QED) is 0.361. The topological polar surface area (TPSA) is 9.23 Å². The molecule has 0 aromatic rings. The summed E-state index contributed by atoms with van der Waals surface area (Å²) in [4.78, 5) is 0. The summed E-state index contributed by atoms with van der Waals surface area (Å²) >= 11 is 0. The van der Waals surface area contributed by atoms with E-state index >= 15 is 0 Å². The van der Waals surface area contributed by atoms with E-state index in [0.29, 0.717) is 0 Å². The van der Waals surface area contributed by atoms with Crippen LogP contribution in [0.4, 0.5) is 0 Å². The predicted octanol–water partition coefficient (Wildman–Crippen LogP) is 11.3. The van der Waals surface area contributed by atoms with Crippen molar-refractivity contribution in [2.24, 2.45) is 17.8 Å². The number of ether oxygens (including phenoxy) is 1. The van der Waals surface area contributed by atoms with Crippen LogP contribution in [0.25, 0.3) is 0 Å². The highest BCUT2D eigenvalue weighted by molar-refractivity contribution is 5.01. The van der Waals surface area contributed by atoms with Gasteiger partial charge in [0.15, 0.2) is 0 Å². The fourth-order valence-electron chi connectivity index (χ4n) is 8.22. The summed E-state index contributed by atoms with van der Waals surface area (Å²) < 4.78 is 7.12. The summed E-state index contributed by atoms with van der Waals surface area (Å²) in [6.07, 6.45) is 40.6. The van der Waals surface area contributed by atoms with E-state index in [-0.39, 0.29) is 5.60 Å². The lowest BCUT2D eigenvalue weighted by Crippen LogP contribution is -2.53. The monoisotopic (exact) mass is 472 g/mol. The summed E-state index contributed by atoms with van der Waals surface area (Å²) in [5.41, 5.74) is 0.0549. The Morgan fingerprint density at radius 2 is 0.588 bits per heavy atom. The van der Waals surface area contributed by atoms with Crippen molar-refractivity contribution in [3.8, 4) is 0 Å². The van der Waals surface area contributed by atoms with Crippen molar-refractivity contribution in [3.05, 3.63) is 12.8 Å². The Morgan fingerprint density at radius 1 is 0.382 bits per heavy atom. The fourth-order valence-corrected chi connectivity index (χ4v) is 8.22.